The van der Waals surface area contributed by atoms with Gasteiger partial charge in [0.1, 0.15) is 0 Å². The quantitative estimate of drug-likeness (QED) is 0.610. The highest BCUT2D eigenvalue weighted by Gasteiger charge is 2.27. The number of piperidine rings is 2. The number of nitrogens with one attached hydrogen (secondary N) is 2. The van der Waals surface area contributed by atoms with Crippen LogP contribution in [0, 0.1) is 0 Å². The summed E-state index contributed by atoms with van der Waals surface area (Å²) in [5.74, 6) is 0. The molecule has 4 aliphatic rings. The van der Waals surface area contributed by atoms with Crippen LogP contribution in [0.2, 0.25) is 0 Å². The summed E-state index contributed by atoms with van der Waals surface area (Å²) < 4.78 is 5.63. The van der Waals surface area contributed by atoms with Gasteiger partial charge in [0.05, 0.1) is 24.0 Å². The standard InChI is InChI=1S/C13H26N2Si.C9H16N4Si/c1-2-13-16(14-9-5-3-6-10-14)15-11-7-4-8-12-15;1-2-7-14(8-10-3-4-11-8)9-12-5-6-13-9/h2,13,16H,3-12H2,1H3;2,7,14H,3-6H2,1H3,(H,10,11)(H,12,13). The average Bonchev–Trinajstić information content (AvgIpc) is 3.52. The number of hydrogen-bond acceptors (Lipinski definition) is 6. The second-order valence-corrected chi connectivity index (χ2v) is 13.6. The zero-order valence-corrected chi connectivity index (χ0v) is 21.5. The van der Waals surface area contributed by atoms with E-state index in [4.69, 9.17) is 0 Å². The van der Waals surface area contributed by atoms with Gasteiger partial charge in [0.15, 0.2) is 0 Å². The van der Waals surface area contributed by atoms with Crippen LogP contribution >= 0.6 is 0 Å². The van der Waals surface area contributed by atoms with Crippen LogP contribution < -0.4 is 10.6 Å². The predicted molar refractivity (Wildman–Crippen MR) is 135 cm³/mol. The number of rotatable bonds is 6. The first-order chi connectivity index (χ1) is 14.8. The SMILES string of the molecule is CC=C[SiH](C1=NCCN1)C1=NCCN1.CC=C[SiH](N1CCCCC1)N1CCCCC1. The molecule has 0 aliphatic carbocycles. The Labute approximate surface area is 187 Å². The fourth-order valence-electron chi connectivity index (χ4n) is 4.77. The second kappa shape index (κ2) is 13.2. The Morgan fingerprint density at radius 3 is 1.53 bits per heavy atom. The molecule has 0 spiro atoms. The van der Waals surface area contributed by atoms with Crippen molar-refractivity contribution in [1.82, 2.24) is 19.8 Å². The van der Waals surface area contributed by atoms with E-state index in [0.717, 1.165) is 26.2 Å². The molecule has 0 atom stereocenters. The van der Waals surface area contributed by atoms with Gasteiger partial charge in [0, 0.05) is 13.1 Å². The lowest BCUT2D eigenvalue weighted by atomic mass is 10.2. The van der Waals surface area contributed by atoms with Gasteiger partial charge < -0.3 is 19.8 Å². The van der Waals surface area contributed by atoms with E-state index in [1.54, 1.807) is 0 Å². The van der Waals surface area contributed by atoms with Crippen LogP contribution in [-0.2, 0) is 0 Å². The first-order valence-electron chi connectivity index (χ1n) is 12.1. The topological polar surface area (TPSA) is 55.3 Å². The van der Waals surface area contributed by atoms with Gasteiger partial charge >= 0.3 is 0 Å². The maximum Gasteiger partial charge on any atom is 0.215 e. The lowest BCUT2D eigenvalue weighted by molar-refractivity contribution is 0.284. The lowest BCUT2D eigenvalue weighted by Gasteiger charge is -2.40. The molecule has 0 bridgehead atoms. The van der Waals surface area contributed by atoms with Gasteiger partial charge in [-0.3, -0.25) is 9.98 Å². The van der Waals surface area contributed by atoms with Crippen molar-refractivity contribution in [2.75, 3.05) is 52.4 Å². The van der Waals surface area contributed by atoms with Crippen molar-refractivity contribution in [3.05, 3.63) is 23.6 Å². The molecule has 0 aromatic heterocycles. The van der Waals surface area contributed by atoms with E-state index in [1.165, 1.54) is 75.6 Å². The van der Waals surface area contributed by atoms with Crippen LogP contribution in [0.15, 0.2) is 33.5 Å². The maximum absolute atomic E-state index is 4.49. The molecule has 4 rings (SSSR count). The summed E-state index contributed by atoms with van der Waals surface area (Å²) in [6.45, 7) is 13.5. The minimum Gasteiger partial charge on any atom is -0.376 e. The molecule has 0 aromatic rings. The molecule has 0 unspecified atom stereocenters. The highest BCUT2D eigenvalue weighted by molar-refractivity contribution is 7.15. The third kappa shape index (κ3) is 6.90. The van der Waals surface area contributed by atoms with Crippen LogP contribution in [0.25, 0.3) is 0 Å². The molecule has 2 fully saturated rings. The summed E-state index contributed by atoms with van der Waals surface area (Å²) in [4.78, 5) is 8.99. The van der Waals surface area contributed by atoms with Gasteiger partial charge in [-0.1, -0.05) is 36.4 Å². The van der Waals surface area contributed by atoms with Crippen molar-refractivity contribution in [2.45, 2.75) is 52.4 Å². The Bertz CT molecular complexity index is 579. The summed E-state index contributed by atoms with van der Waals surface area (Å²) >= 11 is 0. The molecule has 30 heavy (non-hydrogen) atoms. The maximum atomic E-state index is 4.49. The van der Waals surface area contributed by atoms with Gasteiger partial charge in [-0.15, -0.1) is 0 Å². The van der Waals surface area contributed by atoms with E-state index < -0.39 is 17.9 Å². The summed E-state index contributed by atoms with van der Waals surface area (Å²) in [5, 5.41) is 6.72. The zero-order valence-electron chi connectivity index (χ0n) is 19.2. The third-order valence-electron chi connectivity index (χ3n) is 6.27. The lowest BCUT2D eigenvalue weighted by Crippen LogP contribution is -2.54. The minimum absolute atomic E-state index is 0.910. The molecule has 8 heteroatoms. The average molecular weight is 447 g/mol. The summed E-state index contributed by atoms with van der Waals surface area (Å²) in [7, 11) is -2.15. The number of amidine groups is 2. The van der Waals surface area contributed by atoms with Crippen molar-refractivity contribution in [3.8, 4) is 0 Å². The van der Waals surface area contributed by atoms with Gasteiger partial charge in [-0.05, 0) is 65.7 Å². The molecular weight excluding hydrogens is 404 g/mol. The van der Waals surface area contributed by atoms with E-state index in [9.17, 15) is 0 Å². The Morgan fingerprint density at radius 1 is 0.700 bits per heavy atom. The smallest absolute Gasteiger partial charge is 0.215 e. The number of aliphatic imine (C=N–C) groups is 2. The van der Waals surface area contributed by atoms with Crippen LogP contribution in [0.4, 0.5) is 0 Å². The number of hydrogen-bond donors (Lipinski definition) is 2. The molecule has 0 saturated carbocycles. The van der Waals surface area contributed by atoms with Crippen LogP contribution in [0.3, 0.4) is 0 Å². The van der Waals surface area contributed by atoms with Gasteiger partial charge in [-0.2, -0.15) is 0 Å². The van der Waals surface area contributed by atoms with E-state index in [0.29, 0.717) is 0 Å². The molecule has 2 N–H and O–H groups in total. The first kappa shape index (κ1) is 23.4. The fourth-order valence-corrected chi connectivity index (χ4v) is 10.2. The first-order valence-corrected chi connectivity index (χ1v) is 15.7. The van der Waals surface area contributed by atoms with Crippen molar-refractivity contribution in [1.29, 1.82) is 0 Å². The van der Waals surface area contributed by atoms with Crippen molar-refractivity contribution in [3.63, 3.8) is 0 Å². The van der Waals surface area contributed by atoms with Crippen LogP contribution in [0.5, 0.6) is 0 Å². The molecule has 0 amide bonds. The molecule has 4 heterocycles. The third-order valence-corrected chi connectivity index (χ3v) is 12.2. The molecule has 6 nitrogen and oxygen atoms in total. The molecular formula is C22H42N6Si2. The summed E-state index contributed by atoms with van der Waals surface area (Å²) in [6.07, 6.45) is 13.0. The monoisotopic (exact) mass is 446 g/mol. The van der Waals surface area contributed by atoms with Crippen molar-refractivity contribution < 1.29 is 0 Å². The van der Waals surface area contributed by atoms with E-state index in [-0.39, 0.29) is 0 Å². The van der Waals surface area contributed by atoms with Gasteiger partial charge in [-0.25, -0.2) is 0 Å². The van der Waals surface area contributed by atoms with Crippen LogP contribution in [0.1, 0.15) is 52.4 Å². The predicted octanol–water partition coefficient (Wildman–Crippen LogP) is 1.70. The largest absolute Gasteiger partial charge is 0.376 e. The molecule has 2 saturated heterocycles. The second-order valence-electron chi connectivity index (χ2n) is 8.52. The Balaban J connectivity index is 0.000000172. The minimum atomic E-state index is -1.24. The summed E-state index contributed by atoms with van der Waals surface area (Å²) in [6, 6.07) is 0. The molecule has 168 valence electrons. The zero-order chi connectivity index (χ0) is 21.0. The van der Waals surface area contributed by atoms with E-state index in [2.05, 4.69) is 67.1 Å². The molecule has 0 radical (unpaired) electrons. The van der Waals surface area contributed by atoms with Crippen molar-refractivity contribution >= 4 is 28.8 Å². The van der Waals surface area contributed by atoms with Gasteiger partial charge in [0.25, 0.3) is 0 Å². The normalized spacial score (nSPS) is 23.5. The highest BCUT2D eigenvalue weighted by atomic mass is 28.3. The molecule has 0 aromatic carbocycles. The van der Waals surface area contributed by atoms with Crippen molar-refractivity contribution in [2.24, 2.45) is 9.98 Å². The highest BCUT2D eigenvalue weighted by Crippen LogP contribution is 2.17. The van der Waals surface area contributed by atoms with Crippen LogP contribution in [-0.4, -0.2) is 90.3 Å². The molecule has 4 aliphatic heterocycles. The summed E-state index contributed by atoms with van der Waals surface area (Å²) in [5.41, 5.74) is 7.19. The Kier molecular flexibility index (Phi) is 10.3. The van der Waals surface area contributed by atoms with Gasteiger partial charge in [0.2, 0.25) is 17.9 Å². The van der Waals surface area contributed by atoms with E-state index >= 15 is 0 Å². The Morgan fingerprint density at radius 2 is 1.17 bits per heavy atom. The Hall–Kier alpha value is -1.23. The number of nitrogens with zero attached hydrogens (tertiary/aromatic N) is 4. The number of allylic oxidation sites excluding steroid dienone is 2. The van der Waals surface area contributed by atoms with E-state index in [1.807, 2.05) is 0 Å². The fraction of sp³-hybridized carbons (Fsp3) is 0.727.